The van der Waals surface area contributed by atoms with E-state index in [1.807, 2.05) is 37.1 Å². The van der Waals surface area contributed by atoms with Gasteiger partial charge in [-0.3, -0.25) is 13.8 Å². The summed E-state index contributed by atoms with van der Waals surface area (Å²) in [6, 6.07) is 11.9. The van der Waals surface area contributed by atoms with Crippen LogP contribution in [-0.2, 0) is 17.4 Å². The number of carbonyl (C=O) groups is 1. The minimum atomic E-state index is -1.50. The van der Waals surface area contributed by atoms with Crippen molar-refractivity contribution in [2.75, 3.05) is 44.4 Å². The molecular weight excluding hydrogens is 622 g/mol. The number of nitrogens with zero attached hydrogens (tertiary/aromatic N) is 2. The van der Waals surface area contributed by atoms with E-state index >= 15 is 0 Å². The lowest BCUT2D eigenvalue weighted by Crippen LogP contribution is -2.37. The van der Waals surface area contributed by atoms with Gasteiger partial charge in [0.05, 0.1) is 17.5 Å². The fourth-order valence-corrected chi connectivity index (χ4v) is 8.78. The third-order valence-corrected chi connectivity index (χ3v) is 12.3. The van der Waals surface area contributed by atoms with Crippen LogP contribution in [0.25, 0.3) is 0 Å². The number of ether oxygens (including phenoxy) is 1. The molecule has 2 aromatic carbocycles. The first-order valence-corrected chi connectivity index (χ1v) is 19.0. The van der Waals surface area contributed by atoms with E-state index < -0.39 is 11.0 Å². The average Bonchev–Trinajstić information content (AvgIpc) is 3.18. The summed E-state index contributed by atoms with van der Waals surface area (Å²) in [7, 11) is 2.71. The number of hydrogen-bond acceptors (Lipinski definition) is 6. The first kappa shape index (κ1) is 35.8. The summed E-state index contributed by atoms with van der Waals surface area (Å²) in [5.74, 6) is 3.02. The number of nitrogens with one attached hydrogen (secondary N) is 1. The smallest absolute Gasteiger partial charge is 0.263 e. The first-order valence-electron chi connectivity index (χ1n) is 16.5. The Bertz CT molecular complexity index is 1350. The van der Waals surface area contributed by atoms with Crippen molar-refractivity contribution in [3.63, 3.8) is 0 Å². The van der Waals surface area contributed by atoms with Gasteiger partial charge in [0.25, 0.3) is 5.91 Å². The summed E-state index contributed by atoms with van der Waals surface area (Å²) in [4.78, 5) is 15.9. The summed E-state index contributed by atoms with van der Waals surface area (Å²) in [6.07, 6.45) is 8.58. The summed E-state index contributed by atoms with van der Waals surface area (Å²) in [5, 5.41) is 0.580. The Morgan fingerprint density at radius 3 is 2.58 bits per heavy atom. The summed E-state index contributed by atoms with van der Waals surface area (Å²) in [6.45, 7) is 13.1. The number of halogens is 1. The Labute approximate surface area is 283 Å². The van der Waals surface area contributed by atoms with E-state index in [9.17, 15) is 9.00 Å². The minimum absolute atomic E-state index is 0.140. The lowest BCUT2D eigenvalue weighted by atomic mass is 9.80. The fraction of sp³-hybridized carbons (Fsp3) is 0.583. The molecule has 248 valence electrons. The Morgan fingerprint density at radius 1 is 1.09 bits per heavy atom. The number of carbonyl (C=O) groups excluding carboxylic acids is 1. The van der Waals surface area contributed by atoms with E-state index in [1.165, 1.54) is 11.1 Å². The maximum atomic E-state index is 13.4. The summed E-state index contributed by atoms with van der Waals surface area (Å²) >= 11 is 8.31. The highest BCUT2D eigenvalue weighted by atomic mass is 35.5. The zero-order valence-electron chi connectivity index (χ0n) is 28.1. The van der Waals surface area contributed by atoms with E-state index in [1.54, 1.807) is 6.07 Å². The molecule has 1 amide bonds. The maximum Gasteiger partial charge on any atom is 0.263 e. The molecule has 2 bridgehead atoms. The van der Waals surface area contributed by atoms with Gasteiger partial charge in [0.2, 0.25) is 0 Å². The molecule has 0 radical (unpaired) electrons. The molecule has 2 aromatic rings. The van der Waals surface area contributed by atoms with Gasteiger partial charge in [0, 0.05) is 35.3 Å². The van der Waals surface area contributed by atoms with E-state index in [0.29, 0.717) is 29.9 Å². The number of rotatable bonds is 7. The Morgan fingerprint density at radius 2 is 1.87 bits per heavy atom. The second-order valence-electron chi connectivity index (χ2n) is 13.1. The molecule has 45 heavy (non-hydrogen) atoms. The van der Waals surface area contributed by atoms with Crippen molar-refractivity contribution in [1.82, 2.24) is 9.03 Å². The number of hydrogen-bond donors (Lipinski definition) is 1. The molecule has 0 fully saturated rings. The van der Waals surface area contributed by atoms with Crippen LogP contribution in [0.15, 0.2) is 48.6 Å². The first-order chi connectivity index (χ1) is 21.5. The Balaban J connectivity index is 1.78. The van der Waals surface area contributed by atoms with Gasteiger partial charge >= 0.3 is 0 Å². The van der Waals surface area contributed by atoms with E-state index in [0.717, 1.165) is 61.0 Å². The molecule has 7 atom stereocenters. The molecule has 7 unspecified atom stereocenters. The predicted octanol–water partition coefficient (Wildman–Crippen LogP) is 8.14. The highest BCUT2D eigenvalue weighted by Crippen LogP contribution is 2.39. The molecule has 0 aliphatic carbocycles. The number of amides is 1. The largest absolute Gasteiger partial charge is 0.491 e. The molecule has 2 aliphatic heterocycles. The monoisotopic (exact) mass is 673 g/mol. The highest BCUT2D eigenvalue weighted by molar-refractivity contribution is 7.96. The number of benzene rings is 2. The minimum Gasteiger partial charge on any atom is -0.491 e. The van der Waals surface area contributed by atoms with Gasteiger partial charge in [-0.2, -0.15) is 0 Å². The van der Waals surface area contributed by atoms with Crippen molar-refractivity contribution in [2.45, 2.75) is 71.5 Å². The molecule has 2 aliphatic rings. The van der Waals surface area contributed by atoms with Crippen molar-refractivity contribution in [3.05, 3.63) is 70.3 Å². The van der Waals surface area contributed by atoms with Crippen LogP contribution in [0.5, 0.6) is 5.75 Å². The van der Waals surface area contributed by atoms with Gasteiger partial charge in [0.15, 0.2) is 0 Å². The zero-order valence-corrected chi connectivity index (χ0v) is 30.4. The normalized spacial score (nSPS) is 28.7. The van der Waals surface area contributed by atoms with Crippen molar-refractivity contribution in [1.29, 1.82) is 0 Å². The molecule has 2 heterocycles. The van der Waals surface area contributed by atoms with Crippen molar-refractivity contribution >= 4 is 46.1 Å². The topological polar surface area (TPSA) is 61.9 Å². The van der Waals surface area contributed by atoms with E-state index in [2.05, 4.69) is 80.0 Å². The van der Waals surface area contributed by atoms with Crippen LogP contribution in [0.4, 0.5) is 5.69 Å². The number of fused-ring (bicyclic) bond motifs is 1. The predicted molar refractivity (Wildman–Crippen MR) is 193 cm³/mol. The maximum absolute atomic E-state index is 13.4. The Kier molecular flexibility index (Phi) is 13.3. The average molecular weight is 674 g/mol. The van der Waals surface area contributed by atoms with Crippen molar-refractivity contribution in [2.24, 2.45) is 23.7 Å². The lowest BCUT2D eigenvalue weighted by molar-refractivity contribution is 0.0982. The number of allylic oxidation sites excluding steroid dienone is 2. The standard InChI is InChI=1S/C36H52ClN3O3S2/c1-8-11-27-18-31(37)15-16-33(27)30-21-40-20-25(4)32(9-2)29(23-44-39(6)7)13-10-12-24(3)26(5)45(42)38-36(41)28-14-17-35(43-22-30)34(40)19-28/h10,13-19,24-26,29-30,32H,8-9,11-12,20-23H2,1-7H3,(H,38,41)/b13-10+. The molecular formula is C36H52ClN3O3S2. The molecule has 6 nitrogen and oxygen atoms in total. The SMILES string of the molecule is CCCc1cc(Cl)ccc1C1COc2ccc3cc2N(C1)CC(C)C(CC)C(CSN(C)C)/C=C/CC(C)C(C)S(=O)NC3=O. The van der Waals surface area contributed by atoms with E-state index in [-0.39, 0.29) is 23.0 Å². The van der Waals surface area contributed by atoms with Crippen LogP contribution in [0.3, 0.4) is 0 Å². The second kappa shape index (κ2) is 16.7. The third kappa shape index (κ3) is 9.30. The van der Waals surface area contributed by atoms with Crippen LogP contribution < -0.4 is 14.4 Å². The number of aryl methyl sites for hydroxylation is 1. The molecule has 1 N–H and O–H groups in total. The molecule has 0 spiro atoms. The third-order valence-electron chi connectivity index (χ3n) is 9.52. The van der Waals surface area contributed by atoms with Gasteiger partial charge in [-0.25, -0.2) is 4.21 Å². The fourth-order valence-electron chi connectivity index (χ4n) is 6.74. The zero-order chi connectivity index (χ0) is 32.7. The summed E-state index contributed by atoms with van der Waals surface area (Å²) < 4.78 is 24.8. The van der Waals surface area contributed by atoms with E-state index in [4.69, 9.17) is 16.3 Å². The van der Waals surface area contributed by atoms with Crippen LogP contribution >= 0.6 is 23.5 Å². The molecule has 0 aromatic heterocycles. The molecule has 4 rings (SSSR count). The highest BCUT2D eigenvalue weighted by Gasteiger charge is 2.32. The van der Waals surface area contributed by atoms with Crippen molar-refractivity contribution in [3.8, 4) is 5.75 Å². The van der Waals surface area contributed by atoms with Gasteiger partial charge in [-0.05, 0) is 99.0 Å². The van der Waals surface area contributed by atoms with Crippen LogP contribution in [-0.4, -0.2) is 59.2 Å². The van der Waals surface area contributed by atoms with Crippen LogP contribution in [0.1, 0.15) is 81.3 Å². The second-order valence-corrected chi connectivity index (χ2v) is 16.4. The summed E-state index contributed by atoms with van der Waals surface area (Å²) in [5.41, 5.74) is 3.97. The number of anilines is 1. The van der Waals surface area contributed by atoms with Crippen LogP contribution in [0, 0.1) is 23.7 Å². The molecule has 0 saturated heterocycles. The van der Waals surface area contributed by atoms with Gasteiger partial charge < -0.3 is 9.64 Å². The lowest BCUT2D eigenvalue weighted by Gasteiger charge is -2.36. The van der Waals surface area contributed by atoms with Gasteiger partial charge in [0.1, 0.15) is 16.7 Å². The Hall–Kier alpha value is -2.00. The van der Waals surface area contributed by atoms with Crippen molar-refractivity contribution < 1.29 is 13.7 Å². The quantitative estimate of drug-likeness (QED) is 0.237. The molecule has 9 heteroatoms. The molecule has 0 saturated carbocycles. The van der Waals surface area contributed by atoms with Crippen LogP contribution in [0.2, 0.25) is 5.02 Å². The van der Waals surface area contributed by atoms with Gasteiger partial charge in [-0.15, -0.1) is 0 Å². The van der Waals surface area contributed by atoms with Gasteiger partial charge in [-0.1, -0.05) is 82.3 Å².